The largest absolute Gasteiger partial charge is 1.00 e. The Morgan fingerprint density at radius 2 is 2.38 bits per heavy atom. The first-order valence-corrected chi connectivity index (χ1v) is 1.52. The topological polar surface area (TPSA) is 76.6 Å². The number of hydrogen-bond donors (Lipinski definition) is 0. The monoisotopic (exact) mass is 117 g/mol. The van der Waals surface area contributed by atoms with E-state index >= 15 is 0 Å². The van der Waals surface area contributed by atoms with Gasteiger partial charge in [0.2, 0.25) is 0 Å². The van der Waals surface area contributed by atoms with Gasteiger partial charge >= 0.3 is 29.6 Å². The first kappa shape index (κ1) is 7.56. The average Bonchev–Trinajstić information content (AvgIpc) is 2.14. The number of nitriles is 1. The van der Waals surface area contributed by atoms with E-state index in [-0.39, 0.29) is 35.4 Å². The Labute approximate surface area is 67.4 Å². The van der Waals surface area contributed by atoms with Gasteiger partial charge in [0.1, 0.15) is 11.9 Å². The number of hydrogen-bond acceptors (Lipinski definition) is 4. The third kappa shape index (κ3) is 1.58. The molecule has 0 aromatic carbocycles. The number of rotatable bonds is 0. The number of aromatic nitrogens is 4. The molecule has 1 aromatic heterocycles. The van der Waals surface area contributed by atoms with E-state index in [4.69, 9.17) is 5.26 Å². The van der Waals surface area contributed by atoms with E-state index in [0.29, 0.717) is 0 Å². The zero-order valence-electron chi connectivity index (χ0n) is 4.24. The maximum absolute atomic E-state index is 7.97. The summed E-state index contributed by atoms with van der Waals surface area (Å²) in [7, 11) is 0. The molecule has 0 amide bonds. The SMILES string of the molecule is N#Cc1nnn[n-]1.[Na+]. The Morgan fingerprint density at radius 3 is 2.62 bits per heavy atom. The molecule has 0 bridgehead atoms. The fourth-order valence-corrected chi connectivity index (χ4v) is 0.189. The molecule has 6 heteroatoms. The van der Waals surface area contributed by atoms with Gasteiger partial charge in [-0.3, -0.25) is 10.3 Å². The first-order chi connectivity index (χ1) is 3.43. The average molecular weight is 117 g/mol. The molecular formula is C2N5Na. The summed E-state index contributed by atoms with van der Waals surface area (Å²) in [4.78, 5) is 0. The van der Waals surface area contributed by atoms with Gasteiger partial charge in [0, 0.05) is 0 Å². The fourth-order valence-electron chi connectivity index (χ4n) is 0.189. The van der Waals surface area contributed by atoms with Gasteiger partial charge in [-0.1, -0.05) is 0 Å². The molecule has 0 atom stereocenters. The van der Waals surface area contributed by atoms with E-state index in [9.17, 15) is 0 Å². The molecule has 1 heterocycles. The Bertz CT molecular complexity index is 173. The second-order valence-corrected chi connectivity index (χ2v) is 0.814. The Kier molecular flexibility index (Phi) is 3.35. The standard InChI is InChI=1S/C2N5.Na/c3-1-2-4-6-7-5-2;/q-1;+1. The van der Waals surface area contributed by atoms with Crippen molar-refractivity contribution in [1.82, 2.24) is 20.6 Å². The minimum atomic E-state index is 0. The van der Waals surface area contributed by atoms with Crippen LogP contribution in [0.3, 0.4) is 0 Å². The van der Waals surface area contributed by atoms with Crippen LogP contribution in [0.5, 0.6) is 0 Å². The summed E-state index contributed by atoms with van der Waals surface area (Å²) in [6.45, 7) is 0. The Morgan fingerprint density at radius 1 is 1.62 bits per heavy atom. The second-order valence-electron chi connectivity index (χ2n) is 0.814. The van der Waals surface area contributed by atoms with Gasteiger partial charge < -0.3 is 5.10 Å². The van der Waals surface area contributed by atoms with Crippen LogP contribution in [0.4, 0.5) is 0 Å². The van der Waals surface area contributed by atoms with E-state index in [2.05, 4.69) is 20.6 Å². The summed E-state index contributed by atoms with van der Waals surface area (Å²) in [5.41, 5.74) is 0. The summed E-state index contributed by atoms with van der Waals surface area (Å²) >= 11 is 0. The zero-order valence-corrected chi connectivity index (χ0v) is 6.24. The maximum atomic E-state index is 7.97. The molecular weight excluding hydrogens is 117 g/mol. The molecule has 0 aliphatic rings. The minimum Gasteiger partial charge on any atom is -0.321 e. The molecule has 0 saturated carbocycles. The van der Waals surface area contributed by atoms with Crippen molar-refractivity contribution in [2.45, 2.75) is 0 Å². The van der Waals surface area contributed by atoms with Crippen molar-refractivity contribution in [1.29, 1.82) is 5.26 Å². The van der Waals surface area contributed by atoms with E-state index in [1.165, 1.54) is 0 Å². The molecule has 0 aliphatic carbocycles. The van der Waals surface area contributed by atoms with Gasteiger partial charge in [-0.25, -0.2) is 0 Å². The molecule has 0 fully saturated rings. The predicted molar refractivity (Wildman–Crippen MR) is 17.9 cm³/mol. The molecule has 0 radical (unpaired) electrons. The molecule has 34 valence electrons. The smallest absolute Gasteiger partial charge is 0.321 e. The molecule has 0 N–H and O–H groups in total. The van der Waals surface area contributed by atoms with Gasteiger partial charge in [-0.15, -0.1) is 0 Å². The summed E-state index contributed by atoms with van der Waals surface area (Å²) in [6, 6.07) is 1.66. The predicted octanol–water partition coefficient (Wildman–Crippen LogP) is -4.30. The van der Waals surface area contributed by atoms with E-state index in [0.717, 1.165) is 0 Å². The van der Waals surface area contributed by atoms with Crippen molar-refractivity contribution < 1.29 is 29.6 Å². The maximum Gasteiger partial charge on any atom is 1.00 e. The van der Waals surface area contributed by atoms with Crippen molar-refractivity contribution in [2.24, 2.45) is 0 Å². The van der Waals surface area contributed by atoms with Gasteiger partial charge in [0.15, 0.2) is 0 Å². The number of nitrogens with zero attached hydrogens (tertiary/aromatic N) is 5. The molecule has 0 unspecified atom stereocenters. The Hall–Kier alpha value is -0.440. The minimum absolute atomic E-state index is 0. The van der Waals surface area contributed by atoms with Crippen molar-refractivity contribution in [2.75, 3.05) is 0 Å². The van der Waals surface area contributed by atoms with Crippen LogP contribution in [0.15, 0.2) is 0 Å². The summed E-state index contributed by atoms with van der Waals surface area (Å²) in [5, 5.41) is 20.5. The molecule has 5 nitrogen and oxygen atoms in total. The molecule has 0 spiro atoms. The van der Waals surface area contributed by atoms with E-state index in [1.807, 2.05) is 0 Å². The molecule has 0 saturated heterocycles. The quantitative estimate of drug-likeness (QED) is 0.321. The molecule has 1 aromatic rings. The summed E-state index contributed by atoms with van der Waals surface area (Å²) in [6.07, 6.45) is 0. The van der Waals surface area contributed by atoms with Crippen LogP contribution in [0, 0.1) is 11.3 Å². The summed E-state index contributed by atoms with van der Waals surface area (Å²) in [5.74, 6) is 0.0139. The van der Waals surface area contributed by atoms with Crippen LogP contribution in [-0.2, 0) is 0 Å². The van der Waals surface area contributed by atoms with Crippen molar-refractivity contribution >= 4 is 0 Å². The van der Waals surface area contributed by atoms with Gasteiger partial charge in [-0.05, 0) is 0 Å². The van der Waals surface area contributed by atoms with Gasteiger partial charge in [-0.2, -0.15) is 10.5 Å². The zero-order chi connectivity index (χ0) is 5.11. The van der Waals surface area contributed by atoms with Crippen LogP contribution in [0.1, 0.15) is 5.82 Å². The molecule has 0 aliphatic heterocycles. The van der Waals surface area contributed by atoms with Crippen molar-refractivity contribution in [3.63, 3.8) is 0 Å². The molecule has 8 heavy (non-hydrogen) atoms. The van der Waals surface area contributed by atoms with Crippen LogP contribution in [0.25, 0.3) is 0 Å². The fraction of sp³-hybridized carbons (Fsp3) is 0. The van der Waals surface area contributed by atoms with Crippen molar-refractivity contribution in [3.05, 3.63) is 5.82 Å². The number of tetrazole rings is 1. The van der Waals surface area contributed by atoms with Crippen LogP contribution in [0.2, 0.25) is 0 Å². The summed E-state index contributed by atoms with van der Waals surface area (Å²) < 4.78 is 0. The van der Waals surface area contributed by atoms with Gasteiger partial charge in [0.25, 0.3) is 0 Å². The normalized spacial score (nSPS) is 6.88. The van der Waals surface area contributed by atoms with Gasteiger partial charge in [0.05, 0.1) is 0 Å². The van der Waals surface area contributed by atoms with Crippen LogP contribution in [-0.4, -0.2) is 15.5 Å². The molecule has 1 rings (SSSR count). The second kappa shape index (κ2) is 3.55. The third-order valence-electron chi connectivity index (χ3n) is 0.419. The van der Waals surface area contributed by atoms with Crippen LogP contribution < -0.4 is 34.7 Å². The Balaban J connectivity index is 0.000000490. The van der Waals surface area contributed by atoms with Crippen molar-refractivity contribution in [3.8, 4) is 6.07 Å². The first-order valence-electron chi connectivity index (χ1n) is 1.52. The van der Waals surface area contributed by atoms with Crippen LogP contribution >= 0.6 is 0 Å². The third-order valence-corrected chi connectivity index (χ3v) is 0.419. The van der Waals surface area contributed by atoms with E-state index in [1.54, 1.807) is 6.07 Å². The van der Waals surface area contributed by atoms with E-state index < -0.39 is 0 Å².